The second-order valence-electron chi connectivity index (χ2n) is 10.6. The van der Waals surface area contributed by atoms with Crippen LogP contribution in [0.25, 0.3) is 22.3 Å². The molecule has 0 aliphatic carbocycles. The molecule has 1 aromatic heterocycles. The second kappa shape index (κ2) is 9.36. The largest absolute Gasteiger partial charge is 0.479 e. The summed E-state index contributed by atoms with van der Waals surface area (Å²) in [5.41, 5.74) is 2.23. The number of fused-ring (bicyclic) bond motifs is 3. The maximum atomic E-state index is 15.4. The Kier molecular flexibility index (Phi) is 6.78. The van der Waals surface area contributed by atoms with Crippen molar-refractivity contribution in [2.45, 2.75) is 52.9 Å². The van der Waals surface area contributed by atoms with Crippen molar-refractivity contribution in [2.24, 2.45) is 7.05 Å². The maximum Gasteiger partial charge on any atom is 0.337 e. The highest BCUT2D eigenvalue weighted by molar-refractivity contribution is 7.92. The average molecular weight is 543 g/mol. The number of aliphatic carboxylic acids is 1. The zero-order chi connectivity index (χ0) is 28.3. The van der Waals surface area contributed by atoms with Gasteiger partial charge in [0.1, 0.15) is 5.82 Å². The van der Waals surface area contributed by atoms with E-state index in [0.29, 0.717) is 33.4 Å². The number of anilines is 1. The fourth-order valence-corrected chi connectivity index (χ4v) is 6.08. The summed E-state index contributed by atoms with van der Waals surface area (Å²) in [5.74, 6) is -1.78. The Hall–Kier alpha value is -3.50. The molecule has 0 radical (unpaired) electrons. The molecule has 4 rings (SSSR count). The van der Waals surface area contributed by atoms with Crippen LogP contribution in [0.4, 0.5) is 10.1 Å². The Morgan fingerprint density at radius 2 is 1.74 bits per heavy atom. The first-order valence-electron chi connectivity index (χ1n) is 12.0. The van der Waals surface area contributed by atoms with Gasteiger partial charge < -0.3 is 14.4 Å². The Bertz CT molecular complexity index is 1640. The lowest BCUT2D eigenvalue weighted by molar-refractivity contribution is -0.160. The number of aryl methyl sites for hydroxylation is 1. The Balaban J connectivity index is 2.26. The Morgan fingerprint density at radius 3 is 2.29 bits per heavy atom. The van der Waals surface area contributed by atoms with Gasteiger partial charge in [-0.25, -0.2) is 17.6 Å². The van der Waals surface area contributed by atoms with Gasteiger partial charge in [0, 0.05) is 36.0 Å². The summed E-state index contributed by atoms with van der Waals surface area (Å²) in [7, 11) is -2.27. The molecule has 0 fully saturated rings. The molecule has 0 saturated heterocycles. The molecular formula is C28H31FN2O6S. The van der Waals surface area contributed by atoms with Crippen LogP contribution in [-0.2, 0) is 33.1 Å². The molecule has 10 heteroatoms. The molecule has 2 aromatic carbocycles. The Labute approximate surface area is 221 Å². The summed E-state index contributed by atoms with van der Waals surface area (Å²) in [4.78, 5) is 24.9. The maximum absolute atomic E-state index is 15.4. The summed E-state index contributed by atoms with van der Waals surface area (Å²) >= 11 is 0. The summed E-state index contributed by atoms with van der Waals surface area (Å²) in [6.45, 7) is 8.42. The topological polar surface area (TPSA) is 106 Å². The van der Waals surface area contributed by atoms with Gasteiger partial charge in [0.05, 0.1) is 24.1 Å². The van der Waals surface area contributed by atoms with Crippen LogP contribution < -0.4 is 9.86 Å². The summed E-state index contributed by atoms with van der Waals surface area (Å²) < 4.78 is 50.1. The highest BCUT2D eigenvalue weighted by atomic mass is 32.2. The van der Waals surface area contributed by atoms with Crippen LogP contribution in [0, 0.1) is 19.7 Å². The number of sulfonamides is 1. The third kappa shape index (κ3) is 4.74. The Morgan fingerprint density at radius 1 is 1.08 bits per heavy atom. The lowest BCUT2D eigenvalue weighted by Gasteiger charge is -2.37. The van der Waals surface area contributed by atoms with Gasteiger partial charge in [-0.3, -0.25) is 9.10 Å². The average Bonchev–Trinajstić information content (AvgIpc) is 2.79. The molecule has 38 heavy (non-hydrogen) atoms. The monoisotopic (exact) mass is 542 g/mol. The van der Waals surface area contributed by atoms with Crippen LogP contribution in [-0.4, -0.2) is 35.9 Å². The zero-order valence-corrected chi connectivity index (χ0v) is 23.2. The minimum Gasteiger partial charge on any atom is -0.479 e. The highest BCUT2D eigenvalue weighted by Crippen LogP contribution is 2.51. The SMILES string of the molecule is Cc1c(-c2ccc(=O)n(C)c2)c([C@H](OC(C)(C)C)C(=O)O)c(C)c2c1-c1c(F)cccc1CN2S(C)(=O)=O. The first kappa shape index (κ1) is 27.5. The van der Waals surface area contributed by atoms with Gasteiger partial charge in [-0.05, 0) is 74.6 Å². The number of carboxylic acid groups (broad SMARTS) is 1. The van der Waals surface area contributed by atoms with Gasteiger partial charge in [0.25, 0.3) is 0 Å². The molecule has 0 amide bonds. The number of hydrogen-bond donors (Lipinski definition) is 1. The summed E-state index contributed by atoms with van der Waals surface area (Å²) in [6.07, 6.45) is 1.17. The number of aromatic nitrogens is 1. The van der Waals surface area contributed by atoms with Gasteiger partial charge in [0.2, 0.25) is 15.6 Å². The van der Waals surface area contributed by atoms with Gasteiger partial charge in [-0.2, -0.15) is 0 Å². The third-order valence-corrected chi connectivity index (χ3v) is 7.77. The smallest absolute Gasteiger partial charge is 0.337 e. The minimum absolute atomic E-state index is 0.101. The quantitative estimate of drug-likeness (QED) is 0.501. The van der Waals surface area contributed by atoms with E-state index in [-0.39, 0.29) is 28.9 Å². The molecule has 202 valence electrons. The molecular weight excluding hydrogens is 511 g/mol. The van der Waals surface area contributed by atoms with E-state index in [0.717, 1.165) is 6.26 Å². The fraction of sp³-hybridized carbons (Fsp3) is 0.357. The zero-order valence-electron chi connectivity index (χ0n) is 22.4. The van der Waals surface area contributed by atoms with Crippen molar-refractivity contribution in [3.8, 4) is 22.3 Å². The van der Waals surface area contributed by atoms with Gasteiger partial charge in [-0.1, -0.05) is 12.1 Å². The number of pyridine rings is 1. The number of carboxylic acids is 1. The number of ether oxygens (including phenoxy) is 1. The highest BCUT2D eigenvalue weighted by Gasteiger charge is 2.39. The van der Waals surface area contributed by atoms with E-state index in [4.69, 9.17) is 4.74 Å². The molecule has 0 saturated carbocycles. The number of benzene rings is 2. The van der Waals surface area contributed by atoms with Gasteiger partial charge in [0.15, 0.2) is 6.10 Å². The second-order valence-corrected chi connectivity index (χ2v) is 12.5. The molecule has 0 unspecified atom stereocenters. The minimum atomic E-state index is -3.84. The molecule has 2 heterocycles. The predicted octanol–water partition coefficient (Wildman–Crippen LogP) is 4.70. The normalized spacial score (nSPS) is 14.2. The van der Waals surface area contributed by atoms with E-state index in [1.165, 1.54) is 27.1 Å². The van der Waals surface area contributed by atoms with Crippen molar-refractivity contribution >= 4 is 21.7 Å². The van der Waals surface area contributed by atoms with E-state index in [1.54, 1.807) is 60.0 Å². The van der Waals surface area contributed by atoms with Crippen LogP contribution in [0.2, 0.25) is 0 Å². The summed E-state index contributed by atoms with van der Waals surface area (Å²) in [6, 6.07) is 7.47. The first-order chi connectivity index (χ1) is 17.5. The van der Waals surface area contributed by atoms with Crippen LogP contribution in [0.3, 0.4) is 0 Å². The van der Waals surface area contributed by atoms with Crippen LogP contribution in [0.1, 0.15) is 49.1 Å². The number of halogens is 1. The standard InChI is InChI=1S/C28H31FN2O6S/c1-15-21(18-11-12-20(32)30(6)13-18)23(26(27(33)34)37-28(3,4)5)16(2)25-22(15)24-17(9-8-10-19(24)29)14-31(25)38(7,35)36/h8-13,26H,14H2,1-7H3,(H,33,34)/t26-/m0/s1. The van der Waals surface area contributed by atoms with Crippen molar-refractivity contribution in [3.63, 3.8) is 0 Å². The molecule has 8 nitrogen and oxygen atoms in total. The van der Waals surface area contributed by atoms with Gasteiger partial charge >= 0.3 is 5.97 Å². The third-order valence-electron chi connectivity index (χ3n) is 6.66. The van der Waals surface area contributed by atoms with Crippen molar-refractivity contribution in [1.29, 1.82) is 0 Å². The number of nitrogens with zero attached hydrogens (tertiary/aromatic N) is 2. The molecule has 1 N–H and O–H groups in total. The fourth-order valence-electron chi connectivity index (χ4n) is 5.15. The van der Waals surface area contributed by atoms with Crippen molar-refractivity contribution in [3.05, 3.63) is 75.0 Å². The lowest BCUT2D eigenvalue weighted by atomic mass is 9.80. The van der Waals surface area contributed by atoms with E-state index in [1.807, 2.05) is 0 Å². The molecule has 1 aliphatic rings. The van der Waals surface area contributed by atoms with E-state index in [2.05, 4.69) is 0 Å². The molecule has 0 bridgehead atoms. The van der Waals surface area contributed by atoms with Crippen LogP contribution in [0.15, 0.2) is 41.3 Å². The van der Waals surface area contributed by atoms with E-state index < -0.39 is 33.5 Å². The van der Waals surface area contributed by atoms with Crippen LogP contribution >= 0.6 is 0 Å². The molecule has 0 spiro atoms. The number of carbonyl (C=O) groups is 1. The van der Waals surface area contributed by atoms with Crippen LogP contribution in [0.5, 0.6) is 0 Å². The predicted molar refractivity (Wildman–Crippen MR) is 144 cm³/mol. The number of rotatable bonds is 5. The molecule has 1 aliphatic heterocycles. The van der Waals surface area contributed by atoms with E-state index in [9.17, 15) is 23.1 Å². The van der Waals surface area contributed by atoms with Crippen molar-refractivity contribution < 1.29 is 27.4 Å². The van der Waals surface area contributed by atoms with Crippen molar-refractivity contribution in [2.75, 3.05) is 10.6 Å². The van der Waals surface area contributed by atoms with E-state index >= 15 is 4.39 Å². The summed E-state index contributed by atoms with van der Waals surface area (Å²) in [5, 5.41) is 10.3. The molecule has 1 atom stereocenters. The molecule has 3 aromatic rings. The first-order valence-corrected chi connectivity index (χ1v) is 13.9. The van der Waals surface area contributed by atoms with Gasteiger partial charge in [-0.15, -0.1) is 0 Å². The van der Waals surface area contributed by atoms with Crippen molar-refractivity contribution in [1.82, 2.24) is 4.57 Å². The lowest BCUT2D eigenvalue weighted by Crippen LogP contribution is -2.35. The number of hydrogen-bond acceptors (Lipinski definition) is 5.